The summed E-state index contributed by atoms with van der Waals surface area (Å²) < 4.78 is 48.3. The minimum atomic E-state index is -4.51. The van der Waals surface area contributed by atoms with E-state index in [9.17, 15) is 18.4 Å². The number of piperidine rings is 1. The molecule has 1 saturated carbocycles. The molecule has 2 fully saturated rings. The number of halogens is 3. The summed E-state index contributed by atoms with van der Waals surface area (Å²) in [6, 6.07) is 7.38. The van der Waals surface area contributed by atoms with Gasteiger partial charge in [-0.2, -0.15) is 23.5 Å². The highest BCUT2D eigenvalue weighted by Gasteiger charge is 2.49. The van der Waals surface area contributed by atoms with Gasteiger partial charge in [0.2, 0.25) is 5.88 Å². The van der Waals surface area contributed by atoms with E-state index in [1.807, 2.05) is 30.1 Å². The number of H-pyrrole nitrogens is 1. The molecule has 0 bridgehead atoms. The lowest BCUT2D eigenvalue weighted by Gasteiger charge is -2.52. The van der Waals surface area contributed by atoms with Crippen LogP contribution in [0, 0.1) is 11.3 Å². The van der Waals surface area contributed by atoms with Crippen LogP contribution in [0.25, 0.3) is 22.3 Å². The number of pyridine rings is 1. The van der Waals surface area contributed by atoms with Crippen LogP contribution in [-0.4, -0.2) is 59.9 Å². The molecule has 4 aromatic heterocycles. The van der Waals surface area contributed by atoms with Gasteiger partial charge < -0.3 is 9.72 Å². The third kappa shape index (κ3) is 5.57. The number of ether oxygens (including phenoxy) is 1. The van der Waals surface area contributed by atoms with E-state index in [4.69, 9.17) is 4.74 Å². The molecule has 0 unspecified atom stereocenters. The summed E-state index contributed by atoms with van der Waals surface area (Å²) in [4.78, 5) is 18.0. The number of hydrogen-bond acceptors (Lipinski definition) is 7. The van der Waals surface area contributed by atoms with Crippen LogP contribution < -0.4 is 4.74 Å². The maximum Gasteiger partial charge on any atom is 0.433 e. The Hall–Kier alpha value is -3.98. The third-order valence-electron chi connectivity index (χ3n) is 8.59. The zero-order chi connectivity index (χ0) is 29.3. The molecule has 6 rings (SSSR count). The molecule has 12 heteroatoms. The van der Waals surface area contributed by atoms with E-state index >= 15 is 0 Å². The van der Waals surface area contributed by atoms with E-state index in [0.717, 1.165) is 67.1 Å². The first kappa shape index (κ1) is 28.2. The molecule has 2 aliphatic rings. The van der Waals surface area contributed by atoms with Crippen molar-refractivity contribution in [3.05, 3.63) is 54.4 Å². The van der Waals surface area contributed by atoms with Crippen LogP contribution in [0.15, 0.2) is 43.1 Å². The molecule has 1 N–H and O–H groups in total. The molecule has 0 aromatic carbocycles. The highest BCUT2D eigenvalue weighted by molar-refractivity contribution is 5.90. The van der Waals surface area contributed by atoms with Gasteiger partial charge in [-0.05, 0) is 56.2 Å². The van der Waals surface area contributed by atoms with Crippen molar-refractivity contribution < 1.29 is 17.9 Å². The highest BCUT2D eigenvalue weighted by Crippen LogP contribution is 2.45. The van der Waals surface area contributed by atoms with Crippen LogP contribution in [0.4, 0.5) is 13.2 Å². The number of aryl methyl sites for hydroxylation is 1. The van der Waals surface area contributed by atoms with E-state index < -0.39 is 11.9 Å². The zero-order valence-electron chi connectivity index (χ0n) is 23.4. The fraction of sp³-hybridized carbons (Fsp3) is 0.500. The van der Waals surface area contributed by atoms with Crippen LogP contribution in [0.1, 0.15) is 63.1 Å². The smallest absolute Gasteiger partial charge is 0.433 e. The Morgan fingerprint density at radius 3 is 2.74 bits per heavy atom. The standard InChI is InChI=1S/C30H33F3N8O/c1-2-3-4-20-13-25(30(31,32)33)39-26(14-20)42-23-6-11-40(12-7-23)22-15-29(16-22,8-9-34)41-18-21(17-38-41)27-24-5-10-35-28(24)37-19-36-27/h5,10,13-14,17-19,22-23H,2-4,6-8,11-12,15-16H2,1H3,(H,35,36,37). The second-order valence-corrected chi connectivity index (χ2v) is 11.4. The van der Waals surface area contributed by atoms with E-state index in [1.54, 1.807) is 12.3 Å². The summed E-state index contributed by atoms with van der Waals surface area (Å²) in [6.07, 6.45) is 8.05. The first-order chi connectivity index (χ1) is 20.3. The van der Waals surface area contributed by atoms with Crippen molar-refractivity contribution in [3.63, 3.8) is 0 Å². The van der Waals surface area contributed by atoms with Gasteiger partial charge in [0.05, 0.1) is 29.9 Å². The average molecular weight is 579 g/mol. The number of unbranched alkanes of at least 4 members (excludes halogenated alkanes) is 1. The second kappa shape index (κ2) is 11.4. The molecule has 1 aliphatic carbocycles. The Labute approximate surface area is 241 Å². The van der Waals surface area contributed by atoms with Crippen molar-refractivity contribution in [1.29, 1.82) is 5.26 Å². The van der Waals surface area contributed by atoms with Gasteiger partial charge in [0.25, 0.3) is 0 Å². The Kier molecular flexibility index (Phi) is 7.62. The van der Waals surface area contributed by atoms with Crippen molar-refractivity contribution in [2.75, 3.05) is 13.1 Å². The van der Waals surface area contributed by atoms with Crippen molar-refractivity contribution >= 4 is 11.0 Å². The summed E-state index contributed by atoms with van der Waals surface area (Å²) in [6.45, 7) is 3.56. The molecule has 0 atom stereocenters. The van der Waals surface area contributed by atoms with Gasteiger partial charge in [0, 0.05) is 48.5 Å². The van der Waals surface area contributed by atoms with Crippen LogP contribution in [0.2, 0.25) is 0 Å². The molecule has 0 amide bonds. The summed E-state index contributed by atoms with van der Waals surface area (Å²) in [5.41, 5.74) is 1.76. The number of alkyl halides is 3. The fourth-order valence-electron chi connectivity index (χ4n) is 6.26. The lowest BCUT2D eigenvalue weighted by atomic mass is 9.69. The Morgan fingerprint density at radius 1 is 1.19 bits per heavy atom. The summed E-state index contributed by atoms with van der Waals surface area (Å²) in [5.74, 6) is 0.0566. The maximum atomic E-state index is 13.5. The lowest BCUT2D eigenvalue weighted by molar-refractivity contribution is -0.141. The second-order valence-electron chi connectivity index (χ2n) is 11.4. The normalized spacial score (nSPS) is 21.7. The number of nitrogens with one attached hydrogen (secondary N) is 1. The zero-order valence-corrected chi connectivity index (χ0v) is 23.4. The maximum absolute atomic E-state index is 13.5. The SMILES string of the molecule is CCCCc1cc(OC2CCN(C3CC(CC#N)(n4cc(-c5ncnc6[nH]ccc56)cn4)C3)CC2)nc(C(F)(F)F)c1. The van der Waals surface area contributed by atoms with E-state index in [-0.39, 0.29) is 17.5 Å². The van der Waals surface area contributed by atoms with Gasteiger partial charge in [0.15, 0.2) is 0 Å². The number of nitrogens with zero attached hydrogens (tertiary/aromatic N) is 7. The number of likely N-dealkylation sites (tertiary alicyclic amines) is 1. The number of aromatic amines is 1. The predicted molar refractivity (Wildman–Crippen MR) is 149 cm³/mol. The highest BCUT2D eigenvalue weighted by atomic mass is 19.4. The van der Waals surface area contributed by atoms with Gasteiger partial charge in [-0.3, -0.25) is 9.58 Å². The van der Waals surface area contributed by atoms with Crippen LogP contribution in [-0.2, 0) is 18.1 Å². The van der Waals surface area contributed by atoms with Gasteiger partial charge in [0.1, 0.15) is 23.8 Å². The molecule has 1 aliphatic heterocycles. The van der Waals surface area contributed by atoms with Gasteiger partial charge in [-0.25, -0.2) is 15.0 Å². The van der Waals surface area contributed by atoms with Crippen molar-refractivity contribution in [3.8, 4) is 23.2 Å². The molecule has 9 nitrogen and oxygen atoms in total. The molecular formula is C30H33F3N8O. The largest absolute Gasteiger partial charge is 0.474 e. The predicted octanol–water partition coefficient (Wildman–Crippen LogP) is 5.89. The van der Waals surface area contributed by atoms with Gasteiger partial charge in [-0.15, -0.1) is 0 Å². The fourth-order valence-corrected chi connectivity index (χ4v) is 6.26. The number of nitriles is 1. The minimum Gasteiger partial charge on any atom is -0.474 e. The molecule has 42 heavy (non-hydrogen) atoms. The number of hydrogen-bond donors (Lipinski definition) is 1. The van der Waals surface area contributed by atoms with E-state index in [2.05, 4.69) is 36.0 Å². The average Bonchev–Trinajstić information content (AvgIpc) is 3.64. The van der Waals surface area contributed by atoms with Crippen LogP contribution in [0.5, 0.6) is 5.88 Å². The number of rotatable bonds is 9. The first-order valence-corrected chi connectivity index (χ1v) is 14.5. The Morgan fingerprint density at radius 2 is 2.00 bits per heavy atom. The van der Waals surface area contributed by atoms with Gasteiger partial charge >= 0.3 is 6.18 Å². The van der Waals surface area contributed by atoms with Crippen LogP contribution >= 0.6 is 0 Å². The number of fused-ring (bicyclic) bond motifs is 1. The topological polar surface area (TPSA) is 109 Å². The monoisotopic (exact) mass is 578 g/mol. The molecule has 4 aromatic rings. The van der Waals surface area contributed by atoms with Crippen molar-refractivity contribution in [2.45, 2.75) is 82.2 Å². The molecule has 5 heterocycles. The van der Waals surface area contributed by atoms with E-state index in [1.165, 1.54) is 6.33 Å². The van der Waals surface area contributed by atoms with Crippen molar-refractivity contribution in [2.24, 2.45) is 0 Å². The summed E-state index contributed by atoms with van der Waals surface area (Å²) in [7, 11) is 0. The number of aromatic nitrogens is 6. The molecular weight excluding hydrogens is 545 g/mol. The molecule has 0 radical (unpaired) electrons. The molecule has 0 spiro atoms. The lowest BCUT2D eigenvalue weighted by Crippen LogP contribution is -2.58. The summed E-state index contributed by atoms with van der Waals surface area (Å²) >= 11 is 0. The van der Waals surface area contributed by atoms with Crippen molar-refractivity contribution in [1.82, 2.24) is 34.6 Å². The van der Waals surface area contributed by atoms with Gasteiger partial charge in [-0.1, -0.05) is 13.3 Å². The molecule has 220 valence electrons. The molecule has 1 saturated heterocycles. The first-order valence-electron chi connectivity index (χ1n) is 14.5. The Bertz CT molecular complexity index is 1580. The van der Waals surface area contributed by atoms with Crippen LogP contribution in [0.3, 0.4) is 0 Å². The van der Waals surface area contributed by atoms with E-state index in [0.29, 0.717) is 37.3 Å². The summed E-state index contributed by atoms with van der Waals surface area (Å²) in [5, 5.41) is 15.2. The Balaban J connectivity index is 1.09. The quantitative estimate of drug-likeness (QED) is 0.264. The third-order valence-corrected chi connectivity index (χ3v) is 8.59. The minimum absolute atomic E-state index is 0.0566.